The maximum atomic E-state index is 12.9. The van der Waals surface area contributed by atoms with Crippen molar-refractivity contribution in [3.63, 3.8) is 0 Å². The number of hydrogen-bond donors (Lipinski definition) is 0. The zero-order chi connectivity index (χ0) is 24.9. The van der Waals surface area contributed by atoms with Crippen LogP contribution in [0.15, 0.2) is 42.5 Å². The van der Waals surface area contributed by atoms with Crippen molar-refractivity contribution in [3.8, 4) is 5.75 Å². The van der Waals surface area contributed by atoms with Crippen LogP contribution in [-0.2, 0) is 19.2 Å². The number of aryl methyl sites for hydroxylation is 2. The second-order valence-electron chi connectivity index (χ2n) is 10.2. The van der Waals surface area contributed by atoms with Crippen LogP contribution in [0.1, 0.15) is 43.7 Å². The Bertz CT molecular complexity index is 1180. The van der Waals surface area contributed by atoms with Crippen molar-refractivity contribution in [2.45, 2.75) is 46.5 Å². The number of carbonyl (C=O) groups is 4. The number of anilines is 2. The van der Waals surface area contributed by atoms with E-state index in [0.717, 1.165) is 36.1 Å². The standard InChI is InChI=1S/C28H30N2O5/c1-16-7-12-22-23(13-16)27(33)30(26(22)32)20-8-10-21(11-9-20)35-28(34)19-14-24(31)29(15-19)25-17(2)5-4-6-18(25)3/h4-6,8-11,16,19,22-23H,7,12-15H2,1-3H3/t16-,19+,22+,23+/m0/s1. The minimum Gasteiger partial charge on any atom is -0.426 e. The predicted octanol–water partition coefficient (Wildman–Crippen LogP) is 4.19. The first kappa shape index (κ1) is 23.3. The molecule has 2 heterocycles. The average molecular weight is 475 g/mol. The van der Waals surface area contributed by atoms with Gasteiger partial charge >= 0.3 is 5.97 Å². The lowest BCUT2D eigenvalue weighted by Crippen LogP contribution is -2.30. The van der Waals surface area contributed by atoms with Gasteiger partial charge in [-0.25, -0.2) is 0 Å². The number of esters is 1. The lowest BCUT2D eigenvalue weighted by Gasteiger charge is -2.25. The van der Waals surface area contributed by atoms with E-state index in [1.54, 1.807) is 29.2 Å². The third-order valence-corrected chi connectivity index (χ3v) is 7.67. The van der Waals surface area contributed by atoms with E-state index < -0.39 is 11.9 Å². The number of imide groups is 1. The zero-order valence-corrected chi connectivity index (χ0v) is 20.3. The average Bonchev–Trinajstić information content (AvgIpc) is 3.32. The first-order chi connectivity index (χ1) is 16.7. The van der Waals surface area contributed by atoms with E-state index in [1.165, 1.54) is 4.90 Å². The molecule has 3 aliphatic rings. The second kappa shape index (κ2) is 8.95. The topological polar surface area (TPSA) is 84.0 Å². The maximum Gasteiger partial charge on any atom is 0.316 e. The molecular weight excluding hydrogens is 444 g/mol. The van der Waals surface area contributed by atoms with Gasteiger partial charge in [0.2, 0.25) is 17.7 Å². The van der Waals surface area contributed by atoms with Crippen LogP contribution in [-0.4, -0.2) is 30.2 Å². The first-order valence-electron chi connectivity index (χ1n) is 12.3. The summed E-state index contributed by atoms with van der Waals surface area (Å²) in [4.78, 5) is 54.3. The number of benzene rings is 2. The van der Waals surface area contributed by atoms with Crippen LogP contribution < -0.4 is 14.5 Å². The Balaban J connectivity index is 1.26. The van der Waals surface area contributed by atoms with Crippen molar-refractivity contribution in [2.75, 3.05) is 16.3 Å². The summed E-state index contributed by atoms with van der Waals surface area (Å²) in [5, 5.41) is 0. The predicted molar refractivity (Wildman–Crippen MR) is 131 cm³/mol. The summed E-state index contributed by atoms with van der Waals surface area (Å²) >= 11 is 0. The molecule has 5 rings (SSSR count). The van der Waals surface area contributed by atoms with Gasteiger partial charge in [0.05, 0.1) is 23.4 Å². The molecule has 1 saturated carbocycles. The van der Waals surface area contributed by atoms with Crippen molar-refractivity contribution in [3.05, 3.63) is 53.6 Å². The van der Waals surface area contributed by atoms with Gasteiger partial charge in [0, 0.05) is 18.7 Å². The number of nitrogens with zero attached hydrogens (tertiary/aromatic N) is 2. The molecule has 1 aliphatic carbocycles. The summed E-state index contributed by atoms with van der Waals surface area (Å²) in [6, 6.07) is 12.3. The smallest absolute Gasteiger partial charge is 0.316 e. The molecule has 7 heteroatoms. The van der Waals surface area contributed by atoms with Crippen molar-refractivity contribution in [2.24, 2.45) is 23.7 Å². The largest absolute Gasteiger partial charge is 0.426 e. The van der Waals surface area contributed by atoms with Crippen molar-refractivity contribution < 1.29 is 23.9 Å². The van der Waals surface area contributed by atoms with Gasteiger partial charge in [0.25, 0.3) is 0 Å². The Morgan fingerprint density at radius 2 is 1.57 bits per heavy atom. The van der Waals surface area contributed by atoms with Crippen LogP contribution in [0.3, 0.4) is 0 Å². The Morgan fingerprint density at radius 3 is 2.26 bits per heavy atom. The lowest BCUT2D eigenvalue weighted by atomic mass is 9.76. The van der Waals surface area contributed by atoms with Gasteiger partial charge in [-0.05, 0) is 74.4 Å². The molecule has 182 valence electrons. The van der Waals surface area contributed by atoms with E-state index >= 15 is 0 Å². The van der Waals surface area contributed by atoms with Crippen LogP contribution in [0, 0.1) is 37.5 Å². The van der Waals surface area contributed by atoms with Gasteiger partial charge in [-0.2, -0.15) is 0 Å². The fraction of sp³-hybridized carbons (Fsp3) is 0.429. The Kier molecular flexibility index (Phi) is 5.95. The quantitative estimate of drug-likeness (QED) is 0.377. The molecule has 2 aromatic carbocycles. The third kappa shape index (κ3) is 4.13. The molecule has 3 amide bonds. The Morgan fingerprint density at radius 1 is 0.914 bits per heavy atom. The van der Waals surface area contributed by atoms with Crippen LogP contribution in [0.5, 0.6) is 5.75 Å². The first-order valence-corrected chi connectivity index (χ1v) is 12.3. The molecule has 0 N–H and O–H groups in total. The Labute approximate surface area is 205 Å². The van der Waals surface area contributed by atoms with E-state index in [9.17, 15) is 19.2 Å². The second-order valence-corrected chi connectivity index (χ2v) is 10.2. The summed E-state index contributed by atoms with van der Waals surface area (Å²) in [5.41, 5.74) is 3.33. The van der Waals surface area contributed by atoms with Gasteiger partial charge in [-0.3, -0.25) is 24.1 Å². The van der Waals surface area contributed by atoms with Gasteiger partial charge in [-0.1, -0.05) is 25.1 Å². The van der Waals surface area contributed by atoms with Crippen LogP contribution in [0.25, 0.3) is 0 Å². The normalized spacial score (nSPS) is 26.3. The van der Waals surface area contributed by atoms with Crippen molar-refractivity contribution in [1.29, 1.82) is 0 Å². The van der Waals surface area contributed by atoms with Crippen molar-refractivity contribution in [1.82, 2.24) is 0 Å². The zero-order valence-electron chi connectivity index (χ0n) is 20.3. The number of fused-ring (bicyclic) bond motifs is 1. The molecule has 0 spiro atoms. The van der Waals surface area contributed by atoms with Gasteiger partial charge in [0.15, 0.2) is 0 Å². The highest BCUT2D eigenvalue weighted by atomic mass is 16.5. The minimum atomic E-state index is -0.562. The molecule has 0 radical (unpaired) electrons. The van der Waals surface area contributed by atoms with Crippen molar-refractivity contribution >= 4 is 35.1 Å². The number of para-hydroxylation sites is 1. The molecule has 0 unspecified atom stereocenters. The highest BCUT2D eigenvalue weighted by Crippen LogP contribution is 2.42. The summed E-state index contributed by atoms with van der Waals surface area (Å²) in [5.74, 6) is -1.08. The van der Waals surface area contributed by atoms with E-state index in [2.05, 4.69) is 6.92 Å². The van der Waals surface area contributed by atoms with E-state index in [-0.39, 0.29) is 42.5 Å². The minimum absolute atomic E-state index is 0.0958. The van der Waals surface area contributed by atoms with Crippen LogP contribution in [0.2, 0.25) is 0 Å². The highest BCUT2D eigenvalue weighted by Gasteiger charge is 2.50. The summed E-state index contributed by atoms with van der Waals surface area (Å²) in [6.07, 6.45) is 2.57. The molecule has 0 bridgehead atoms. The highest BCUT2D eigenvalue weighted by molar-refractivity contribution is 6.22. The number of ether oxygens (including phenoxy) is 1. The molecule has 7 nitrogen and oxygen atoms in total. The number of carbonyl (C=O) groups excluding carboxylic acids is 4. The number of hydrogen-bond acceptors (Lipinski definition) is 5. The van der Waals surface area contributed by atoms with E-state index in [0.29, 0.717) is 17.4 Å². The molecule has 2 aromatic rings. The van der Waals surface area contributed by atoms with Crippen LogP contribution >= 0.6 is 0 Å². The van der Waals surface area contributed by atoms with E-state index in [1.807, 2.05) is 32.0 Å². The fourth-order valence-electron chi connectivity index (χ4n) is 5.82. The molecule has 2 saturated heterocycles. The van der Waals surface area contributed by atoms with Gasteiger partial charge in [0.1, 0.15) is 5.75 Å². The SMILES string of the molecule is Cc1cccc(C)c1N1C[C@H](C(=O)Oc2ccc(N3C(=O)[C@@H]4CC[C@H](C)C[C@H]4C3=O)cc2)CC1=O. The molecule has 3 fully saturated rings. The lowest BCUT2D eigenvalue weighted by molar-refractivity contribution is -0.139. The van der Waals surface area contributed by atoms with Crippen LogP contribution in [0.4, 0.5) is 11.4 Å². The molecule has 4 atom stereocenters. The van der Waals surface area contributed by atoms with E-state index in [4.69, 9.17) is 4.74 Å². The number of rotatable bonds is 4. The molecule has 2 aliphatic heterocycles. The van der Waals surface area contributed by atoms with Gasteiger partial charge in [-0.15, -0.1) is 0 Å². The number of amides is 3. The molecular formula is C28H30N2O5. The third-order valence-electron chi connectivity index (χ3n) is 7.67. The van der Waals surface area contributed by atoms with Gasteiger partial charge < -0.3 is 9.64 Å². The molecule has 0 aromatic heterocycles. The monoisotopic (exact) mass is 474 g/mol. The summed E-state index contributed by atoms with van der Waals surface area (Å²) in [6.45, 7) is 6.31. The molecule has 35 heavy (non-hydrogen) atoms. The Hall–Kier alpha value is -3.48. The maximum absolute atomic E-state index is 12.9. The fourth-order valence-corrected chi connectivity index (χ4v) is 5.82. The summed E-state index contributed by atoms with van der Waals surface area (Å²) in [7, 11) is 0. The summed E-state index contributed by atoms with van der Waals surface area (Å²) < 4.78 is 5.57.